The summed E-state index contributed by atoms with van der Waals surface area (Å²) < 4.78 is 57.3. The molecule has 0 nitrogen and oxygen atoms in total. The summed E-state index contributed by atoms with van der Waals surface area (Å²) >= 11 is 0. The molecule has 0 rings (SSSR count). The van der Waals surface area contributed by atoms with Gasteiger partial charge in [-0.25, -0.2) is 0 Å². The van der Waals surface area contributed by atoms with Gasteiger partial charge in [0, 0.05) is 0 Å². The van der Waals surface area contributed by atoms with E-state index in [1.807, 2.05) is 0 Å². The molecule has 0 aromatic carbocycles. The molecule has 6 heteroatoms. The molecule has 0 aromatic heterocycles. The van der Waals surface area contributed by atoms with Gasteiger partial charge in [0.15, 0.2) is 0 Å². The molecular formula is C5H6F5K. The summed E-state index contributed by atoms with van der Waals surface area (Å²) in [6.07, 6.45) is -7.09. The molecule has 0 bridgehead atoms. The van der Waals surface area contributed by atoms with Crippen LogP contribution in [0.2, 0.25) is 0 Å². The largest absolute Gasteiger partial charge is 1.00 e. The van der Waals surface area contributed by atoms with Gasteiger partial charge < -0.3 is 6.92 Å². The van der Waals surface area contributed by atoms with Gasteiger partial charge in [-0.3, -0.25) is 0 Å². The van der Waals surface area contributed by atoms with Crippen molar-refractivity contribution in [1.82, 2.24) is 0 Å². The monoisotopic (exact) mass is 200 g/mol. The Morgan fingerprint density at radius 2 is 1.36 bits per heavy atom. The maximum atomic E-state index is 11.8. The van der Waals surface area contributed by atoms with Gasteiger partial charge in [-0.05, 0) is 6.42 Å². The van der Waals surface area contributed by atoms with Gasteiger partial charge >= 0.3 is 63.5 Å². The van der Waals surface area contributed by atoms with Crippen LogP contribution in [0.5, 0.6) is 0 Å². The van der Waals surface area contributed by atoms with Crippen molar-refractivity contribution in [3.05, 3.63) is 6.92 Å². The zero-order chi connectivity index (χ0) is 8.41. The van der Waals surface area contributed by atoms with Crippen molar-refractivity contribution in [2.45, 2.75) is 24.9 Å². The average Bonchev–Trinajstić information content (AvgIpc) is 1.61. The second-order valence-corrected chi connectivity index (χ2v) is 1.81. The molecule has 0 aromatic rings. The molecule has 0 spiro atoms. The predicted octanol–water partition coefficient (Wildman–Crippen LogP) is -0.198. The molecule has 0 aliphatic rings. The first-order valence-electron chi connectivity index (χ1n) is 2.55. The third kappa shape index (κ3) is 4.77. The van der Waals surface area contributed by atoms with Crippen LogP contribution < -0.4 is 51.4 Å². The van der Waals surface area contributed by atoms with E-state index in [-0.39, 0.29) is 51.4 Å². The fraction of sp³-hybridized carbons (Fsp3) is 0.800. The summed E-state index contributed by atoms with van der Waals surface area (Å²) in [6, 6.07) is 0. The maximum Gasteiger partial charge on any atom is 1.00 e. The van der Waals surface area contributed by atoms with E-state index in [0.29, 0.717) is 0 Å². The minimum absolute atomic E-state index is 0. The van der Waals surface area contributed by atoms with E-state index in [2.05, 4.69) is 6.92 Å². The summed E-state index contributed by atoms with van der Waals surface area (Å²) in [7, 11) is 0. The molecule has 62 valence electrons. The van der Waals surface area contributed by atoms with Crippen LogP contribution in [0.3, 0.4) is 0 Å². The van der Waals surface area contributed by atoms with Gasteiger partial charge in [-0.2, -0.15) is 28.4 Å². The number of rotatable bonds is 2. The molecule has 0 aliphatic heterocycles. The van der Waals surface area contributed by atoms with Crippen molar-refractivity contribution >= 4 is 0 Å². The summed E-state index contributed by atoms with van der Waals surface area (Å²) in [4.78, 5) is 0. The number of halogens is 5. The molecule has 0 aliphatic carbocycles. The predicted molar refractivity (Wildman–Crippen MR) is 25.6 cm³/mol. The van der Waals surface area contributed by atoms with Crippen molar-refractivity contribution in [2.24, 2.45) is 0 Å². The van der Waals surface area contributed by atoms with E-state index in [4.69, 9.17) is 0 Å². The molecule has 0 fully saturated rings. The second kappa shape index (κ2) is 5.11. The normalized spacial score (nSPS) is 12.5. The fourth-order valence-corrected chi connectivity index (χ4v) is 0.364. The third-order valence-corrected chi connectivity index (χ3v) is 0.905. The van der Waals surface area contributed by atoms with Crippen molar-refractivity contribution in [3.8, 4) is 0 Å². The Morgan fingerprint density at radius 3 is 1.45 bits per heavy atom. The quantitative estimate of drug-likeness (QED) is 0.329. The van der Waals surface area contributed by atoms with Crippen molar-refractivity contribution in [1.29, 1.82) is 0 Å². The first-order valence-corrected chi connectivity index (χ1v) is 2.55. The van der Waals surface area contributed by atoms with Crippen LogP contribution in [-0.4, -0.2) is 12.1 Å². The molecule has 0 saturated carbocycles. The fourth-order valence-electron chi connectivity index (χ4n) is 0.364. The van der Waals surface area contributed by atoms with Gasteiger partial charge in [0.25, 0.3) is 0 Å². The number of hydrogen-bond donors (Lipinski definition) is 0. The molecular weight excluding hydrogens is 194 g/mol. The Hall–Kier alpha value is 1.29. The van der Waals surface area contributed by atoms with E-state index in [9.17, 15) is 22.0 Å². The van der Waals surface area contributed by atoms with E-state index in [0.717, 1.165) is 0 Å². The van der Waals surface area contributed by atoms with Gasteiger partial charge in [0.1, 0.15) is 0 Å². The van der Waals surface area contributed by atoms with Crippen LogP contribution in [0.4, 0.5) is 22.0 Å². The van der Waals surface area contributed by atoms with Gasteiger partial charge in [0.05, 0.1) is 0 Å². The summed E-state index contributed by atoms with van der Waals surface area (Å²) in [6.45, 7) is 2.90. The van der Waals surface area contributed by atoms with E-state index in [1.54, 1.807) is 0 Å². The molecule has 0 amide bonds. The molecule has 0 heterocycles. The van der Waals surface area contributed by atoms with Crippen LogP contribution >= 0.6 is 0 Å². The van der Waals surface area contributed by atoms with E-state index < -0.39 is 24.9 Å². The summed E-state index contributed by atoms with van der Waals surface area (Å²) in [5.41, 5.74) is 0. The van der Waals surface area contributed by atoms with Crippen LogP contribution in [0.15, 0.2) is 0 Å². The third-order valence-electron chi connectivity index (χ3n) is 0.905. The zero-order valence-electron chi connectivity index (χ0n) is 6.01. The topological polar surface area (TPSA) is 0 Å². The van der Waals surface area contributed by atoms with Crippen molar-refractivity contribution in [3.63, 3.8) is 0 Å². The summed E-state index contributed by atoms with van der Waals surface area (Å²) in [5.74, 6) is -4.57. The van der Waals surface area contributed by atoms with E-state index in [1.165, 1.54) is 0 Å². The average molecular weight is 200 g/mol. The minimum atomic E-state index is -5.43. The van der Waals surface area contributed by atoms with Gasteiger partial charge in [-0.15, -0.1) is 0 Å². The molecule has 11 heavy (non-hydrogen) atoms. The van der Waals surface area contributed by atoms with E-state index >= 15 is 0 Å². The molecule has 0 atom stereocenters. The standard InChI is InChI=1S/C5H6F5.K/c1-2-3-4(6,7)5(8,9)10;/h1-3H2;/q-1;+1. The van der Waals surface area contributed by atoms with Crippen molar-refractivity contribution < 1.29 is 73.3 Å². The Morgan fingerprint density at radius 1 is 1.00 bits per heavy atom. The number of alkyl halides is 5. The van der Waals surface area contributed by atoms with Crippen molar-refractivity contribution in [2.75, 3.05) is 0 Å². The van der Waals surface area contributed by atoms with Crippen LogP contribution in [0, 0.1) is 6.92 Å². The Labute approximate surface area is 104 Å². The SMILES string of the molecule is [CH2-]CCC(F)(F)C(F)(F)F.[K+]. The molecule has 0 unspecified atom stereocenters. The zero-order valence-corrected chi connectivity index (χ0v) is 9.13. The van der Waals surface area contributed by atoms with Crippen LogP contribution in [0.25, 0.3) is 0 Å². The number of hydrogen-bond acceptors (Lipinski definition) is 0. The molecule has 0 radical (unpaired) electrons. The first-order chi connectivity index (χ1) is 4.31. The Bertz CT molecular complexity index is 108. The summed E-state index contributed by atoms with van der Waals surface area (Å²) in [5, 5.41) is 0. The van der Waals surface area contributed by atoms with Crippen LogP contribution in [-0.2, 0) is 0 Å². The molecule has 0 saturated heterocycles. The second-order valence-electron chi connectivity index (χ2n) is 1.81. The minimum Gasteiger partial charge on any atom is -0.343 e. The van der Waals surface area contributed by atoms with Gasteiger partial charge in [-0.1, -0.05) is 0 Å². The van der Waals surface area contributed by atoms with Crippen LogP contribution in [0.1, 0.15) is 12.8 Å². The molecule has 0 N–H and O–H groups in total. The van der Waals surface area contributed by atoms with Gasteiger partial charge in [0.2, 0.25) is 0 Å². The Balaban J connectivity index is 0. The first kappa shape index (κ1) is 14.8. The smallest absolute Gasteiger partial charge is 0.343 e. The Kier molecular flexibility index (Phi) is 6.87. The maximum absolute atomic E-state index is 11.8.